The van der Waals surface area contributed by atoms with Crippen molar-refractivity contribution < 1.29 is 4.74 Å². The lowest BCUT2D eigenvalue weighted by Gasteiger charge is -2.39. The van der Waals surface area contributed by atoms with Crippen LogP contribution in [-0.4, -0.2) is 43.8 Å². The van der Waals surface area contributed by atoms with Crippen LogP contribution >= 0.6 is 0 Å². The summed E-state index contributed by atoms with van der Waals surface area (Å²) in [5.74, 6) is 1.28. The summed E-state index contributed by atoms with van der Waals surface area (Å²) in [7, 11) is 1.79. The van der Waals surface area contributed by atoms with Crippen molar-refractivity contribution in [2.75, 3.05) is 26.8 Å². The normalized spacial score (nSPS) is 20.4. The minimum Gasteiger partial charge on any atom is -0.384 e. The maximum Gasteiger partial charge on any atom is 0.0503 e. The minimum absolute atomic E-state index is 0.474. The number of hydrogen-bond acceptors (Lipinski definition) is 3. The van der Waals surface area contributed by atoms with Crippen LogP contribution < -0.4 is 5.73 Å². The summed E-state index contributed by atoms with van der Waals surface area (Å²) < 4.78 is 5.34. The smallest absolute Gasteiger partial charge is 0.0503 e. The molecule has 1 saturated carbocycles. The molecule has 1 rings (SSSR count). The van der Waals surface area contributed by atoms with Gasteiger partial charge in [0.15, 0.2) is 0 Å². The topological polar surface area (TPSA) is 38.5 Å². The number of ether oxygens (including phenoxy) is 1. The highest BCUT2D eigenvalue weighted by atomic mass is 16.5. The lowest BCUT2D eigenvalue weighted by molar-refractivity contribution is 0.0561. The molecule has 0 bridgehead atoms. The van der Waals surface area contributed by atoms with E-state index in [9.17, 15) is 0 Å². The van der Waals surface area contributed by atoms with Crippen molar-refractivity contribution in [3.63, 3.8) is 0 Å². The first-order valence-electron chi connectivity index (χ1n) is 8.04. The summed E-state index contributed by atoms with van der Waals surface area (Å²) in [5, 5.41) is 0. The van der Waals surface area contributed by atoms with Crippen molar-refractivity contribution in [2.24, 2.45) is 17.6 Å². The van der Waals surface area contributed by atoms with Gasteiger partial charge in [-0.2, -0.15) is 0 Å². The standard InChI is InChI=1S/C16H34N2O/c1-13(2)9-10-18(15-7-5-6-8-15)16(11-17)14(3)12-19-4/h13-16H,5-12,17H2,1-4H3. The van der Waals surface area contributed by atoms with Gasteiger partial charge < -0.3 is 10.5 Å². The summed E-state index contributed by atoms with van der Waals surface area (Å²) in [5.41, 5.74) is 6.08. The highest BCUT2D eigenvalue weighted by Crippen LogP contribution is 2.27. The van der Waals surface area contributed by atoms with E-state index in [2.05, 4.69) is 25.7 Å². The number of methoxy groups -OCH3 is 1. The number of nitrogens with two attached hydrogens (primary N) is 1. The van der Waals surface area contributed by atoms with Crippen LogP contribution in [0.4, 0.5) is 0 Å². The molecule has 0 amide bonds. The van der Waals surface area contributed by atoms with Gasteiger partial charge in [0, 0.05) is 25.7 Å². The molecule has 2 N–H and O–H groups in total. The first kappa shape index (κ1) is 16.9. The van der Waals surface area contributed by atoms with Crippen molar-refractivity contribution in [1.82, 2.24) is 4.90 Å². The zero-order valence-electron chi connectivity index (χ0n) is 13.4. The zero-order chi connectivity index (χ0) is 14.3. The van der Waals surface area contributed by atoms with Gasteiger partial charge >= 0.3 is 0 Å². The van der Waals surface area contributed by atoms with Crippen LogP contribution in [0, 0.1) is 11.8 Å². The third-order valence-corrected chi connectivity index (χ3v) is 4.51. The molecular formula is C16H34N2O. The van der Waals surface area contributed by atoms with Gasteiger partial charge in [-0.3, -0.25) is 4.90 Å². The fraction of sp³-hybridized carbons (Fsp3) is 1.00. The zero-order valence-corrected chi connectivity index (χ0v) is 13.4. The van der Waals surface area contributed by atoms with E-state index in [1.165, 1.54) is 38.6 Å². The molecule has 19 heavy (non-hydrogen) atoms. The second kappa shape index (κ2) is 8.93. The highest BCUT2D eigenvalue weighted by molar-refractivity contribution is 4.86. The molecule has 1 aliphatic carbocycles. The summed E-state index contributed by atoms with van der Waals surface area (Å²) in [6.07, 6.45) is 6.76. The molecule has 3 heteroatoms. The van der Waals surface area contributed by atoms with Gasteiger partial charge in [0.2, 0.25) is 0 Å². The Morgan fingerprint density at radius 1 is 1.21 bits per heavy atom. The molecule has 0 aliphatic heterocycles. The van der Waals surface area contributed by atoms with Crippen LogP contribution in [0.3, 0.4) is 0 Å². The summed E-state index contributed by atoms with van der Waals surface area (Å²) >= 11 is 0. The monoisotopic (exact) mass is 270 g/mol. The lowest BCUT2D eigenvalue weighted by Crippen LogP contribution is -2.50. The lowest BCUT2D eigenvalue weighted by atomic mass is 9.97. The minimum atomic E-state index is 0.474. The van der Waals surface area contributed by atoms with E-state index in [0.29, 0.717) is 12.0 Å². The molecule has 114 valence electrons. The fourth-order valence-electron chi connectivity index (χ4n) is 3.33. The molecule has 0 heterocycles. The summed E-state index contributed by atoms with van der Waals surface area (Å²) in [6.45, 7) is 9.65. The first-order chi connectivity index (χ1) is 9.10. The van der Waals surface area contributed by atoms with Gasteiger partial charge in [0.1, 0.15) is 0 Å². The third-order valence-electron chi connectivity index (χ3n) is 4.51. The maximum atomic E-state index is 6.08. The van der Waals surface area contributed by atoms with Crippen LogP contribution in [0.2, 0.25) is 0 Å². The SMILES string of the molecule is COCC(C)C(CN)N(CCC(C)C)C1CCCC1. The Kier molecular flexibility index (Phi) is 7.96. The average molecular weight is 270 g/mol. The van der Waals surface area contributed by atoms with E-state index in [4.69, 9.17) is 10.5 Å². The van der Waals surface area contributed by atoms with Gasteiger partial charge in [-0.1, -0.05) is 33.6 Å². The highest BCUT2D eigenvalue weighted by Gasteiger charge is 2.30. The Balaban J connectivity index is 2.67. The van der Waals surface area contributed by atoms with Gasteiger partial charge in [-0.15, -0.1) is 0 Å². The Labute approximate surface area is 119 Å². The van der Waals surface area contributed by atoms with Crippen molar-refractivity contribution in [1.29, 1.82) is 0 Å². The molecule has 0 radical (unpaired) electrons. The molecule has 1 aliphatic rings. The van der Waals surface area contributed by atoms with E-state index in [0.717, 1.165) is 25.1 Å². The summed E-state index contributed by atoms with van der Waals surface area (Å²) in [6, 6.07) is 1.23. The fourth-order valence-corrected chi connectivity index (χ4v) is 3.33. The maximum absolute atomic E-state index is 6.08. The predicted octanol–water partition coefficient (Wildman–Crippen LogP) is 2.89. The van der Waals surface area contributed by atoms with Crippen molar-refractivity contribution >= 4 is 0 Å². The van der Waals surface area contributed by atoms with E-state index in [1.807, 2.05) is 0 Å². The van der Waals surface area contributed by atoms with Gasteiger partial charge in [-0.25, -0.2) is 0 Å². The van der Waals surface area contributed by atoms with E-state index >= 15 is 0 Å². The molecule has 1 fully saturated rings. The number of hydrogen-bond donors (Lipinski definition) is 1. The average Bonchev–Trinajstić information content (AvgIpc) is 2.87. The van der Waals surface area contributed by atoms with Crippen LogP contribution in [0.5, 0.6) is 0 Å². The van der Waals surface area contributed by atoms with Crippen LogP contribution in [0.1, 0.15) is 52.9 Å². The van der Waals surface area contributed by atoms with Crippen molar-refractivity contribution in [3.8, 4) is 0 Å². The molecule has 0 aromatic heterocycles. The van der Waals surface area contributed by atoms with Crippen molar-refractivity contribution in [2.45, 2.75) is 65.0 Å². The molecule has 0 saturated heterocycles. The summed E-state index contributed by atoms with van der Waals surface area (Å²) in [4.78, 5) is 2.71. The van der Waals surface area contributed by atoms with Crippen molar-refractivity contribution in [3.05, 3.63) is 0 Å². The molecule has 2 atom stereocenters. The second-order valence-electron chi connectivity index (χ2n) is 6.59. The van der Waals surface area contributed by atoms with Gasteiger partial charge in [0.05, 0.1) is 6.61 Å². The Morgan fingerprint density at radius 3 is 2.32 bits per heavy atom. The molecular weight excluding hydrogens is 236 g/mol. The molecule has 2 unspecified atom stereocenters. The van der Waals surface area contributed by atoms with Gasteiger partial charge in [-0.05, 0) is 37.6 Å². The molecule has 0 spiro atoms. The second-order valence-corrected chi connectivity index (χ2v) is 6.59. The Bertz CT molecular complexity index is 227. The largest absolute Gasteiger partial charge is 0.384 e. The molecule has 0 aromatic rings. The molecule has 3 nitrogen and oxygen atoms in total. The van der Waals surface area contributed by atoms with E-state index < -0.39 is 0 Å². The van der Waals surface area contributed by atoms with Crippen LogP contribution in [0.25, 0.3) is 0 Å². The third kappa shape index (κ3) is 5.41. The quantitative estimate of drug-likeness (QED) is 0.700. The van der Waals surface area contributed by atoms with Crippen LogP contribution in [0.15, 0.2) is 0 Å². The Hall–Kier alpha value is -0.120. The Morgan fingerprint density at radius 2 is 1.84 bits per heavy atom. The van der Waals surface area contributed by atoms with Crippen LogP contribution in [-0.2, 0) is 4.74 Å². The number of rotatable bonds is 9. The van der Waals surface area contributed by atoms with E-state index in [-0.39, 0.29) is 0 Å². The van der Waals surface area contributed by atoms with E-state index in [1.54, 1.807) is 7.11 Å². The molecule has 0 aromatic carbocycles. The first-order valence-corrected chi connectivity index (χ1v) is 8.04. The van der Waals surface area contributed by atoms with Gasteiger partial charge in [0.25, 0.3) is 0 Å². The number of nitrogens with zero attached hydrogens (tertiary/aromatic N) is 1. The predicted molar refractivity (Wildman–Crippen MR) is 82.3 cm³/mol.